The summed E-state index contributed by atoms with van der Waals surface area (Å²) >= 11 is 0. The molecular formula is C19H16N4. The summed E-state index contributed by atoms with van der Waals surface area (Å²) in [5.41, 5.74) is 2.83. The number of hydrogen-bond donors (Lipinski definition) is 1. The second-order valence-corrected chi connectivity index (χ2v) is 5.16. The standard InChI is InChI=1S/C19H16N4/c20-12-17-11-19(23-14-22-17)21-13-18(15-7-3-1-4-8-15)16-9-5-2-6-10-16/h1-11,14,18H,13H2,(H,21,22,23). The van der Waals surface area contributed by atoms with Crippen LogP contribution in [0.1, 0.15) is 22.7 Å². The van der Waals surface area contributed by atoms with Gasteiger partial charge in [-0.2, -0.15) is 5.26 Å². The average molecular weight is 300 g/mol. The van der Waals surface area contributed by atoms with Crippen molar-refractivity contribution in [2.24, 2.45) is 0 Å². The number of benzene rings is 2. The molecule has 0 aliphatic carbocycles. The molecule has 0 aliphatic rings. The Morgan fingerprint density at radius 2 is 1.52 bits per heavy atom. The Labute approximate surface area is 135 Å². The Morgan fingerprint density at radius 3 is 2.09 bits per heavy atom. The van der Waals surface area contributed by atoms with Gasteiger partial charge in [0.2, 0.25) is 0 Å². The Morgan fingerprint density at radius 1 is 0.913 bits per heavy atom. The number of nitrogens with zero attached hydrogens (tertiary/aromatic N) is 3. The van der Waals surface area contributed by atoms with E-state index in [1.807, 2.05) is 42.5 Å². The van der Waals surface area contributed by atoms with Gasteiger partial charge in [0.15, 0.2) is 0 Å². The number of anilines is 1. The Hall–Kier alpha value is -3.19. The molecule has 0 aliphatic heterocycles. The lowest BCUT2D eigenvalue weighted by atomic mass is 9.91. The molecule has 2 aromatic carbocycles. The highest BCUT2D eigenvalue weighted by Gasteiger charge is 2.13. The van der Waals surface area contributed by atoms with Crippen molar-refractivity contribution in [3.63, 3.8) is 0 Å². The molecule has 0 radical (unpaired) electrons. The average Bonchev–Trinajstić information content (AvgIpc) is 2.64. The quantitative estimate of drug-likeness (QED) is 0.782. The molecule has 0 saturated carbocycles. The van der Waals surface area contributed by atoms with Crippen LogP contribution < -0.4 is 5.32 Å². The van der Waals surface area contributed by atoms with Gasteiger partial charge in [0.1, 0.15) is 23.9 Å². The van der Waals surface area contributed by atoms with Crippen LogP contribution in [0.2, 0.25) is 0 Å². The summed E-state index contributed by atoms with van der Waals surface area (Å²) in [6, 6.07) is 24.4. The van der Waals surface area contributed by atoms with Crippen LogP contribution in [0.15, 0.2) is 73.1 Å². The molecule has 1 aromatic heterocycles. The molecule has 0 unspecified atom stereocenters. The zero-order chi connectivity index (χ0) is 15.9. The molecule has 0 saturated heterocycles. The van der Waals surface area contributed by atoms with Crippen molar-refractivity contribution in [1.29, 1.82) is 5.26 Å². The Bertz CT molecular complexity index is 755. The predicted octanol–water partition coefficient (Wildman–Crippen LogP) is 3.59. The number of rotatable bonds is 5. The first-order valence-corrected chi connectivity index (χ1v) is 7.43. The molecule has 3 rings (SSSR count). The number of nitrogens with one attached hydrogen (secondary N) is 1. The Kier molecular flexibility index (Phi) is 4.61. The van der Waals surface area contributed by atoms with Crippen molar-refractivity contribution >= 4 is 5.82 Å². The van der Waals surface area contributed by atoms with Gasteiger partial charge in [-0.1, -0.05) is 60.7 Å². The summed E-state index contributed by atoms with van der Waals surface area (Å²) < 4.78 is 0. The largest absolute Gasteiger partial charge is 0.369 e. The van der Waals surface area contributed by atoms with Gasteiger partial charge < -0.3 is 5.32 Å². The minimum atomic E-state index is 0.206. The maximum absolute atomic E-state index is 8.93. The third kappa shape index (κ3) is 3.72. The summed E-state index contributed by atoms with van der Waals surface area (Å²) in [4.78, 5) is 8.06. The normalized spacial score (nSPS) is 10.3. The summed E-state index contributed by atoms with van der Waals surface area (Å²) in [6.45, 7) is 0.690. The molecule has 112 valence electrons. The topological polar surface area (TPSA) is 61.6 Å². The molecule has 0 bridgehead atoms. The van der Waals surface area contributed by atoms with E-state index < -0.39 is 0 Å². The summed E-state index contributed by atoms with van der Waals surface area (Å²) in [5.74, 6) is 0.867. The van der Waals surface area contributed by atoms with E-state index in [2.05, 4.69) is 39.6 Å². The lowest BCUT2D eigenvalue weighted by Crippen LogP contribution is -2.15. The Balaban J connectivity index is 1.83. The first-order chi connectivity index (χ1) is 11.4. The maximum Gasteiger partial charge on any atom is 0.145 e. The van der Waals surface area contributed by atoms with Crippen LogP contribution >= 0.6 is 0 Å². The van der Waals surface area contributed by atoms with Crippen LogP contribution in [-0.4, -0.2) is 16.5 Å². The molecule has 23 heavy (non-hydrogen) atoms. The highest BCUT2D eigenvalue weighted by molar-refractivity contribution is 5.41. The van der Waals surface area contributed by atoms with E-state index in [0.717, 1.165) is 0 Å². The molecule has 0 atom stereocenters. The van der Waals surface area contributed by atoms with Gasteiger partial charge in [0, 0.05) is 18.5 Å². The fourth-order valence-corrected chi connectivity index (χ4v) is 2.52. The third-order valence-corrected chi connectivity index (χ3v) is 3.67. The van der Waals surface area contributed by atoms with Crippen molar-refractivity contribution in [2.75, 3.05) is 11.9 Å². The molecule has 4 nitrogen and oxygen atoms in total. The van der Waals surface area contributed by atoms with Crippen molar-refractivity contribution in [3.05, 3.63) is 89.9 Å². The van der Waals surface area contributed by atoms with Crippen LogP contribution in [-0.2, 0) is 0 Å². The van der Waals surface area contributed by atoms with E-state index >= 15 is 0 Å². The lowest BCUT2D eigenvalue weighted by molar-refractivity contribution is 0.847. The van der Waals surface area contributed by atoms with Crippen LogP contribution in [0.5, 0.6) is 0 Å². The maximum atomic E-state index is 8.93. The third-order valence-electron chi connectivity index (χ3n) is 3.67. The van der Waals surface area contributed by atoms with E-state index in [-0.39, 0.29) is 5.92 Å². The fraction of sp³-hybridized carbons (Fsp3) is 0.105. The molecule has 4 heteroatoms. The van der Waals surface area contributed by atoms with Crippen LogP contribution in [0.4, 0.5) is 5.82 Å². The molecule has 1 N–H and O–H groups in total. The molecule has 3 aromatic rings. The van der Waals surface area contributed by atoms with E-state index in [1.54, 1.807) is 6.07 Å². The van der Waals surface area contributed by atoms with Gasteiger partial charge in [-0.15, -0.1) is 0 Å². The minimum absolute atomic E-state index is 0.206. The summed E-state index contributed by atoms with van der Waals surface area (Å²) in [6.07, 6.45) is 1.40. The van der Waals surface area contributed by atoms with Crippen LogP contribution in [0.25, 0.3) is 0 Å². The molecular weight excluding hydrogens is 284 g/mol. The van der Waals surface area contributed by atoms with E-state index in [9.17, 15) is 0 Å². The summed E-state index contributed by atoms with van der Waals surface area (Å²) in [5, 5.41) is 12.2. The first kappa shape index (κ1) is 14.7. The van der Waals surface area contributed by atoms with E-state index in [4.69, 9.17) is 5.26 Å². The zero-order valence-corrected chi connectivity index (χ0v) is 12.6. The van der Waals surface area contributed by atoms with Crippen LogP contribution in [0, 0.1) is 11.3 Å². The smallest absolute Gasteiger partial charge is 0.145 e. The van der Waals surface area contributed by atoms with Crippen molar-refractivity contribution < 1.29 is 0 Å². The monoisotopic (exact) mass is 300 g/mol. The first-order valence-electron chi connectivity index (χ1n) is 7.43. The molecule has 0 spiro atoms. The minimum Gasteiger partial charge on any atom is -0.369 e. The second-order valence-electron chi connectivity index (χ2n) is 5.16. The highest BCUT2D eigenvalue weighted by atomic mass is 15.0. The van der Waals surface area contributed by atoms with Gasteiger partial charge in [-0.25, -0.2) is 9.97 Å². The molecule has 1 heterocycles. The van der Waals surface area contributed by atoms with E-state index in [1.165, 1.54) is 17.5 Å². The zero-order valence-electron chi connectivity index (χ0n) is 12.6. The fourth-order valence-electron chi connectivity index (χ4n) is 2.52. The van der Waals surface area contributed by atoms with Crippen molar-refractivity contribution in [2.45, 2.75) is 5.92 Å². The van der Waals surface area contributed by atoms with Gasteiger partial charge >= 0.3 is 0 Å². The summed E-state index contributed by atoms with van der Waals surface area (Å²) in [7, 11) is 0. The second kappa shape index (κ2) is 7.19. The molecule has 0 amide bonds. The highest BCUT2D eigenvalue weighted by Crippen LogP contribution is 2.24. The van der Waals surface area contributed by atoms with Crippen LogP contribution in [0.3, 0.4) is 0 Å². The van der Waals surface area contributed by atoms with E-state index in [0.29, 0.717) is 18.1 Å². The van der Waals surface area contributed by atoms with Crippen molar-refractivity contribution in [3.8, 4) is 6.07 Å². The SMILES string of the molecule is N#Cc1cc(NCC(c2ccccc2)c2ccccc2)ncn1. The predicted molar refractivity (Wildman–Crippen MR) is 90.0 cm³/mol. The van der Waals surface area contributed by atoms with Crippen molar-refractivity contribution in [1.82, 2.24) is 9.97 Å². The number of nitriles is 1. The lowest BCUT2D eigenvalue weighted by Gasteiger charge is -2.19. The number of aromatic nitrogens is 2. The van der Waals surface area contributed by atoms with Gasteiger partial charge in [0.05, 0.1) is 0 Å². The molecule has 0 fully saturated rings. The number of hydrogen-bond acceptors (Lipinski definition) is 4. The van der Waals surface area contributed by atoms with Gasteiger partial charge in [-0.3, -0.25) is 0 Å². The van der Waals surface area contributed by atoms with Gasteiger partial charge in [-0.05, 0) is 11.1 Å². The van der Waals surface area contributed by atoms with Gasteiger partial charge in [0.25, 0.3) is 0 Å².